The van der Waals surface area contributed by atoms with Gasteiger partial charge >= 0.3 is 6.18 Å². The Bertz CT molecular complexity index is 1590. The van der Waals surface area contributed by atoms with Gasteiger partial charge in [0.1, 0.15) is 46.8 Å². The maximum absolute atomic E-state index is 14.4. The van der Waals surface area contributed by atoms with Crippen molar-refractivity contribution in [3.05, 3.63) is 72.8 Å². The quantitative estimate of drug-likeness (QED) is 0.296. The monoisotopic (exact) mass is 510 g/mol. The van der Waals surface area contributed by atoms with Gasteiger partial charge in [0.15, 0.2) is 0 Å². The number of halogens is 4. The highest BCUT2D eigenvalue weighted by molar-refractivity contribution is 6.03. The number of anilines is 1. The standard InChI is InChI=1S/C23H18F4N10/c1-4-6-16(14(24)5-2)36-10-15(34-35-36)12(3)37-17(7-28)18(19-20(29)32-11-33-21(19)37)13-8-30-22(31-9-13)23(25,26)27/h4-6,8-12H,1H2,2-3H3,(H2,29,32,33)/b14-5+,16-6+. The molecule has 0 saturated carbocycles. The number of alkyl halides is 3. The van der Waals surface area contributed by atoms with Crippen molar-refractivity contribution in [2.45, 2.75) is 26.1 Å². The number of nitrogens with two attached hydrogens (primary N) is 1. The molecule has 10 nitrogen and oxygen atoms in total. The van der Waals surface area contributed by atoms with E-state index in [1.165, 1.54) is 46.9 Å². The average Bonchev–Trinajstić information content (AvgIpc) is 3.49. The lowest BCUT2D eigenvalue weighted by molar-refractivity contribution is -0.144. The summed E-state index contributed by atoms with van der Waals surface area (Å²) in [6, 6.07) is 1.37. The fraction of sp³-hybridized carbons (Fsp3) is 0.174. The molecule has 14 heteroatoms. The number of allylic oxidation sites excluding steroid dienone is 5. The van der Waals surface area contributed by atoms with E-state index in [1.807, 2.05) is 0 Å². The molecule has 0 aromatic carbocycles. The molecule has 4 heterocycles. The molecule has 0 amide bonds. The largest absolute Gasteiger partial charge is 0.451 e. The van der Waals surface area contributed by atoms with Crippen molar-refractivity contribution in [1.82, 2.24) is 39.5 Å². The second kappa shape index (κ2) is 9.61. The molecule has 2 N–H and O–H groups in total. The lowest BCUT2D eigenvalue weighted by Crippen LogP contribution is -2.11. The Balaban J connectivity index is 1.91. The van der Waals surface area contributed by atoms with Gasteiger partial charge in [0.2, 0.25) is 5.82 Å². The van der Waals surface area contributed by atoms with Crippen molar-refractivity contribution in [3.63, 3.8) is 0 Å². The van der Waals surface area contributed by atoms with Crippen LogP contribution in [-0.4, -0.2) is 39.5 Å². The molecular weight excluding hydrogens is 492 g/mol. The Morgan fingerprint density at radius 3 is 2.51 bits per heavy atom. The SMILES string of the molecule is C=C/C=C(\C(F)=C/C)n1cc(C(C)n2c(C#N)c(-c3cnc(C(F)(F)F)nc3)c3c(N)ncnc32)nn1. The minimum absolute atomic E-state index is 0.00245. The van der Waals surface area contributed by atoms with E-state index in [2.05, 4.69) is 42.9 Å². The van der Waals surface area contributed by atoms with E-state index < -0.39 is 23.9 Å². The van der Waals surface area contributed by atoms with E-state index >= 15 is 0 Å². The fourth-order valence-electron chi connectivity index (χ4n) is 3.77. The molecule has 188 valence electrons. The zero-order chi connectivity index (χ0) is 26.9. The molecule has 4 aromatic heterocycles. The average molecular weight is 510 g/mol. The van der Waals surface area contributed by atoms with Crippen LogP contribution < -0.4 is 5.73 Å². The summed E-state index contributed by atoms with van der Waals surface area (Å²) >= 11 is 0. The van der Waals surface area contributed by atoms with Gasteiger partial charge in [-0.05, 0) is 26.0 Å². The number of fused-ring (bicyclic) bond motifs is 1. The van der Waals surface area contributed by atoms with Gasteiger partial charge in [-0.3, -0.25) is 0 Å². The van der Waals surface area contributed by atoms with Crippen LogP contribution in [0, 0.1) is 11.3 Å². The number of rotatable bonds is 6. The molecule has 1 unspecified atom stereocenters. The van der Waals surface area contributed by atoms with Gasteiger partial charge in [-0.1, -0.05) is 17.9 Å². The van der Waals surface area contributed by atoms with E-state index in [9.17, 15) is 22.8 Å². The molecule has 1 atom stereocenters. The Morgan fingerprint density at radius 2 is 1.92 bits per heavy atom. The van der Waals surface area contributed by atoms with Gasteiger partial charge in [-0.2, -0.15) is 18.4 Å². The zero-order valence-electron chi connectivity index (χ0n) is 19.4. The summed E-state index contributed by atoms with van der Waals surface area (Å²) in [7, 11) is 0. The molecule has 0 spiro atoms. The topological polar surface area (TPSA) is 137 Å². The highest BCUT2D eigenvalue weighted by Gasteiger charge is 2.35. The zero-order valence-corrected chi connectivity index (χ0v) is 19.4. The molecule has 0 bridgehead atoms. The molecule has 0 radical (unpaired) electrons. The number of nitriles is 1. The van der Waals surface area contributed by atoms with Crippen LogP contribution in [0.3, 0.4) is 0 Å². The third-order valence-corrected chi connectivity index (χ3v) is 5.46. The molecule has 37 heavy (non-hydrogen) atoms. The minimum atomic E-state index is -4.74. The van der Waals surface area contributed by atoms with Crippen LogP contribution in [0.1, 0.15) is 37.1 Å². The van der Waals surface area contributed by atoms with Crippen LogP contribution in [0.4, 0.5) is 23.4 Å². The lowest BCUT2D eigenvalue weighted by atomic mass is 10.1. The Kier molecular flexibility index (Phi) is 6.54. The van der Waals surface area contributed by atoms with E-state index in [0.717, 1.165) is 12.4 Å². The summed E-state index contributed by atoms with van der Waals surface area (Å²) in [4.78, 5) is 15.0. The first kappa shape index (κ1) is 25.2. The second-order valence-electron chi connectivity index (χ2n) is 7.64. The van der Waals surface area contributed by atoms with Gasteiger partial charge in [-0.25, -0.2) is 29.0 Å². The predicted octanol–water partition coefficient (Wildman–Crippen LogP) is 4.46. The minimum Gasteiger partial charge on any atom is -0.383 e. The number of nitrogen functional groups attached to an aromatic ring is 1. The molecule has 4 rings (SSSR count). The third kappa shape index (κ3) is 4.42. The Hall–Kier alpha value is -4.93. The number of hydrogen-bond donors (Lipinski definition) is 1. The van der Waals surface area contributed by atoms with Crippen molar-refractivity contribution < 1.29 is 17.6 Å². The van der Waals surface area contributed by atoms with Crippen LogP contribution in [0.15, 0.2) is 55.6 Å². The van der Waals surface area contributed by atoms with Crippen molar-refractivity contribution >= 4 is 22.5 Å². The summed E-state index contributed by atoms with van der Waals surface area (Å²) in [6.45, 7) is 6.80. The normalized spacial score (nSPS) is 13.5. The summed E-state index contributed by atoms with van der Waals surface area (Å²) in [6.07, 6.45) is 3.91. The maximum atomic E-state index is 14.4. The molecular formula is C23H18F4N10. The van der Waals surface area contributed by atoms with Crippen molar-refractivity contribution in [2.24, 2.45) is 0 Å². The summed E-state index contributed by atoms with van der Waals surface area (Å²) in [5.74, 6) is -1.89. The van der Waals surface area contributed by atoms with Crippen molar-refractivity contribution in [1.29, 1.82) is 5.26 Å². The third-order valence-electron chi connectivity index (χ3n) is 5.46. The first-order valence-electron chi connectivity index (χ1n) is 10.6. The van der Waals surface area contributed by atoms with Crippen LogP contribution in [0.5, 0.6) is 0 Å². The van der Waals surface area contributed by atoms with Gasteiger partial charge < -0.3 is 10.3 Å². The van der Waals surface area contributed by atoms with Gasteiger partial charge in [0.25, 0.3) is 0 Å². The van der Waals surface area contributed by atoms with Crippen molar-refractivity contribution in [2.75, 3.05) is 5.73 Å². The molecule has 0 aliphatic rings. The molecule has 0 saturated heterocycles. The highest BCUT2D eigenvalue weighted by Crippen LogP contribution is 2.39. The smallest absolute Gasteiger partial charge is 0.383 e. The maximum Gasteiger partial charge on any atom is 0.451 e. The van der Waals surface area contributed by atoms with Crippen LogP contribution in [0.2, 0.25) is 0 Å². The number of hydrogen-bond acceptors (Lipinski definition) is 8. The van der Waals surface area contributed by atoms with Crippen molar-refractivity contribution in [3.8, 4) is 17.2 Å². The van der Waals surface area contributed by atoms with E-state index in [-0.39, 0.29) is 39.4 Å². The van der Waals surface area contributed by atoms with E-state index in [4.69, 9.17) is 5.73 Å². The molecule has 0 fully saturated rings. The Morgan fingerprint density at radius 1 is 1.22 bits per heavy atom. The first-order chi connectivity index (χ1) is 17.6. The summed E-state index contributed by atoms with van der Waals surface area (Å²) < 4.78 is 56.0. The second-order valence-corrected chi connectivity index (χ2v) is 7.64. The van der Waals surface area contributed by atoms with Crippen LogP contribution >= 0.6 is 0 Å². The molecule has 4 aromatic rings. The van der Waals surface area contributed by atoms with Crippen LogP contribution in [0.25, 0.3) is 27.9 Å². The summed E-state index contributed by atoms with van der Waals surface area (Å²) in [5, 5.41) is 18.4. The molecule has 0 aliphatic heterocycles. The van der Waals surface area contributed by atoms with E-state index in [1.54, 1.807) is 6.92 Å². The summed E-state index contributed by atoms with van der Waals surface area (Å²) in [5.41, 5.74) is 7.03. The number of nitrogens with zero attached hydrogens (tertiary/aromatic N) is 9. The fourth-order valence-corrected chi connectivity index (χ4v) is 3.77. The lowest BCUT2D eigenvalue weighted by Gasteiger charge is -2.13. The predicted molar refractivity (Wildman–Crippen MR) is 126 cm³/mol. The van der Waals surface area contributed by atoms with Crippen LogP contribution in [-0.2, 0) is 6.18 Å². The van der Waals surface area contributed by atoms with Gasteiger partial charge in [-0.15, -0.1) is 5.10 Å². The highest BCUT2D eigenvalue weighted by atomic mass is 19.4. The van der Waals surface area contributed by atoms with E-state index in [0.29, 0.717) is 5.69 Å². The number of aromatic nitrogens is 8. The Labute approximate surface area is 207 Å². The van der Waals surface area contributed by atoms with Gasteiger partial charge in [0.05, 0.1) is 17.6 Å². The first-order valence-corrected chi connectivity index (χ1v) is 10.6. The van der Waals surface area contributed by atoms with Gasteiger partial charge in [0, 0.05) is 23.5 Å². The molecule has 0 aliphatic carbocycles.